The van der Waals surface area contributed by atoms with Gasteiger partial charge in [0.2, 0.25) is 0 Å². The van der Waals surface area contributed by atoms with E-state index in [9.17, 15) is 10.1 Å². The van der Waals surface area contributed by atoms with Gasteiger partial charge in [0, 0.05) is 17.5 Å². The summed E-state index contributed by atoms with van der Waals surface area (Å²) < 4.78 is 5.20. The van der Waals surface area contributed by atoms with Gasteiger partial charge in [-0.25, -0.2) is 9.97 Å². The van der Waals surface area contributed by atoms with Crippen LogP contribution in [0.4, 0.5) is 11.5 Å². The first-order valence-electron chi connectivity index (χ1n) is 4.95. The van der Waals surface area contributed by atoms with E-state index in [1.807, 2.05) is 0 Å². The molecule has 88 valence electrons. The fourth-order valence-electron chi connectivity index (χ4n) is 1.51. The molecule has 0 unspecified atom stereocenters. The minimum atomic E-state index is -0.517. The molecule has 7 nitrogen and oxygen atoms in total. The van der Waals surface area contributed by atoms with Crippen LogP contribution in [0.3, 0.4) is 0 Å². The monoisotopic (exact) mass is 234 g/mol. The zero-order valence-corrected chi connectivity index (χ0v) is 9.08. The maximum absolute atomic E-state index is 10.9. The lowest BCUT2D eigenvalue weighted by Crippen LogP contribution is -2.00. The van der Waals surface area contributed by atoms with Gasteiger partial charge in [-0.2, -0.15) is 0 Å². The van der Waals surface area contributed by atoms with Crippen molar-refractivity contribution >= 4 is 22.4 Å². The average molecular weight is 234 g/mol. The van der Waals surface area contributed by atoms with Crippen molar-refractivity contribution in [2.45, 2.75) is 6.92 Å². The van der Waals surface area contributed by atoms with E-state index >= 15 is 0 Å². The summed E-state index contributed by atoms with van der Waals surface area (Å²) in [5.74, 6) is 0.393. The van der Waals surface area contributed by atoms with E-state index in [-0.39, 0.29) is 17.3 Å². The van der Waals surface area contributed by atoms with Gasteiger partial charge in [-0.15, -0.1) is 0 Å². The second-order valence-corrected chi connectivity index (χ2v) is 3.29. The third-order valence-electron chi connectivity index (χ3n) is 2.24. The minimum absolute atomic E-state index is 0.138. The normalized spacial score (nSPS) is 10.4. The first kappa shape index (κ1) is 11.1. The lowest BCUT2D eigenvalue weighted by atomic mass is 10.2. The Morgan fingerprint density at radius 2 is 2.24 bits per heavy atom. The van der Waals surface area contributed by atoms with Crippen molar-refractivity contribution in [1.82, 2.24) is 9.97 Å². The molecule has 0 fully saturated rings. The van der Waals surface area contributed by atoms with Crippen LogP contribution >= 0.6 is 0 Å². The van der Waals surface area contributed by atoms with E-state index < -0.39 is 4.92 Å². The molecule has 0 radical (unpaired) electrons. The molecule has 1 aromatic heterocycles. The molecule has 2 aromatic rings. The Morgan fingerprint density at radius 1 is 1.47 bits per heavy atom. The predicted molar refractivity (Wildman–Crippen MR) is 61.8 cm³/mol. The van der Waals surface area contributed by atoms with Gasteiger partial charge >= 0.3 is 5.69 Å². The predicted octanol–water partition coefficient (Wildman–Crippen LogP) is 1.52. The molecule has 0 spiro atoms. The number of ether oxygens (including phenoxy) is 1. The highest BCUT2D eigenvalue weighted by Crippen LogP contribution is 2.32. The number of rotatable bonds is 3. The number of benzene rings is 1. The Bertz CT molecular complexity index is 585. The topological polar surface area (TPSA) is 104 Å². The lowest BCUT2D eigenvalue weighted by molar-refractivity contribution is -0.385. The van der Waals surface area contributed by atoms with E-state index in [4.69, 9.17) is 10.5 Å². The zero-order valence-electron chi connectivity index (χ0n) is 9.08. The number of nitro groups is 1. The number of aromatic nitrogens is 2. The first-order chi connectivity index (χ1) is 8.13. The first-order valence-corrected chi connectivity index (χ1v) is 4.95. The van der Waals surface area contributed by atoms with Gasteiger partial charge in [-0.1, -0.05) is 0 Å². The Labute approximate surface area is 96.4 Å². The van der Waals surface area contributed by atoms with Crippen LogP contribution in [0.1, 0.15) is 6.92 Å². The van der Waals surface area contributed by atoms with Crippen LogP contribution in [0.25, 0.3) is 10.9 Å². The van der Waals surface area contributed by atoms with Crippen molar-refractivity contribution < 1.29 is 9.66 Å². The number of nitro benzene ring substituents is 1. The van der Waals surface area contributed by atoms with Gasteiger partial charge in [-0.05, 0) is 6.92 Å². The third kappa shape index (κ3) is 1.94. The highest BCUT2D eigenvalue weighted by Gasteiger charge is 2.18. The Morgan fingerprint density at radius 3 is 2.88 bits per heavy atom. The van der Waals surface area contributed by atoms with E-state index in [1.165, 1.54) is 18.5 Å². The number of nitrogens with zero attached hydrogens (tertiary/aromatic N) is 3. The molecule has 0 amide bonds. The van der Waals surface area contributed by atoms with Crippen molar-refractivity contribution in [3.63, 3.8) is 0 Å². The van der Waals surface area contributed by atoms with Crippen molar-refractivity contribution in [3.8, 4) is 5.75 Å². The maximum atomic E-state index is 10.9. The molecule has 0 aliphatic carbocycles. The van der Waals surface area contributed by atoms with Crippen LogP contribution in [0, 0.1) is 10.1 Å². The molecule has 1 heterocycles. The smallest absolute Gasteiger partial charge is 0.311 e. The van der Waals surface area contributed by atoms with Crippen LogP contribution in [0.2, 0.25) is 0 Å². The molecule has 1 aromatic carbocycles. The Hall–Kier alpha value is -2.44. The van der Waals surface area contributed by atoms with Crippen LogP contribution in [0.15, 0.2) is 18.5 Å². The van der Waals surface area contributed by atoms with Gasteiger partial charge in [0.15, 0.2) is 5.75 Å². The summed E-state index contributed by atoms with van der Waals surface area (Å²) in [6.07, 6.45) is 1.30. The second kappa shape index (κ2) is 4.20. The molecule has 0 saturated heterocycles. The number of hydrogen-bond acceptors (Lipinski definition) is 6. The molecule has 2 N–H and O–H groups in total. The Balaban J connectivity index is 2.72. The van der Waals surface area contributed by atoms with Gasteiger partial charge < -0.3 is 10.5 Å². The summed E-state index contributed by atoms with van der Waals surface area (Å²) in [6, 6.07) is 2.82. The zero-order chi connectivity index (χ0) is 12.4. The molecule has 0 bridgehead atoms. The Kier molecular flexibility index (Phi) is 2.73. The van der Waals surface area contributed by atoms with E-state index in [0.29, 0.717) is 17.5 Å². The molecular formula is C10H10N4O3. The van der Waals surface area contributed by atoms with Gasteiger partial charge in [-0.3, -0.25) is 10.1 Å². The second-order valence-electron chi connectivity index (χ2n) is 3.29. The number of anilines is 1. The van der Waals surface area contributed by atoms with E-state index in [2.05, 4.69) is 9.97 Å². The molecule has 0 aliphatic rings. The van der Waals surface area contributed by atoms with Crippen molar-refractivity contribution in [2.24, 2.45) is 0 Å². The molecule has 0 atom stereocenters. The standard InChI is InChI=1S/C10H10N4O3/c1-2-17-9-4-7-6(3-8(9)14(15)16)10(11)13-5-12-7/h3-5H,2H2,1H3,(H2,11,12,13). The lowest BCUT2D eigenvalue weighted by Gasteiger charge is -2.06. The van der Waals surface area contributed by atoms with Crippen LogP contribution < -0.4 is 10.5 Å². The summed E-state index contributed by atoms with van der Waals surface area (Å²) in [6.45, 7) is 2.09. The number of fused-ring (bicyclic) bond motifs is 1. The molecule has 17 heavy (non-hydrogen) atoms. The van der Waals surface area contributed by atoms with Crippen LogP contribution in [0.5, 0.6) is 5.75 Å². The number of nitrogens with two attached hydrogens (primary N) is 1. The third-order valence-corrected chi connectivity index (χ3v) is 2.24. The molecule has 7 heteroatoms. The molecule has 2 rings (SSSR count). The maximum Gasteiger partial charge on any atom is 0.311 e. The molecule has 0 saturated carbocycles. The van der Waals surface area contributed by atoms with Gasteiger partial charge in [0.05, 0.1) is 17.0 Å². The molecular weight excluding hydrogens is 224 g/mol. The number of hydrogen-bond donors (Lipinski definition) is 1. The highest BCUT2D eigenvalue weighted by molar-refractivity contribution is 5.91. The van der Waals surface area contributed by atoms with E-state index in [0.717, 1.165) is 0 Å². The van der Waals surface area contributed by atoms with Gasteiger partial charge in [0.25, 0.3) is 0 Å². The van der Waals surface area contributed by atoms with Crippen LogP contribution in [-0.2, 0) is 0 Å². The minimum Gasteiger partial charge on any atom is -0.487 e. The van der Waals surface area contributed by atoms with Crippen molar-refractivity contribution in [1.29, 1.82) is 0 Å². The quantitative estimate of drug-likeness (QED) is 0.637. The summed E-state index contributed by atoms with van der Waals surface area (Å²) in [5, 5.41) is 11.3. The number of nitrogen functional groups attached to an aromatic ring is 1. The van der Waals surface area contributed by atoms with Gasteiger partial charge in [0.1, 0.15) is 12.1 Å². The summed E-state index contributed by atoms with van der Waals surface area (Å²) in [7, 11) is 0. The van der Waals surface area contributed by atoms with Crippen molar-refractivity contribution in [3.05, 3.63) is 28.6 Å². The van der Waals surface area contributed by atoms with E-state index in [1.54, 1.807) is 6.92 Å². The summed E-state index contributed by atoms with van der Waals surface area (Å²) in [5.41, 5.74) is 6.02. The fourth-order valence-corrected chi connectivity index (χ4v) is 1.51. The highest BCUT2D eigenvalue weighted by atomic mass is 16.6. The SMILES string of the molecule is CCOc1cc2ncnc(N)c2cc1[N+](=O)[O-]. The van der Waals surface area contributed by atoms with Crippen LogP contribution in [-0.4, -0.2) is 21.5 Å². The molecule has 0 aliphatic heterocycles. The summed E-state index contributed by atoms with van der Waals surface area (Å²) in [4.78, 5) is 18.2. The summed E-state index contributed by atoms with van der Waals surface area (Å²) >= 11 is 0. The average Bonchev–Trinajstić information content (AvgIpc) is 2.29. The fraction of sp³-hybridized carbons (Fsp3) is 0.200. The van der Waals surface area contributed by atoms with Crippen molar-refractivity contribution in [2.75, 3.05) is 12.3 Å². The largest absolute Gasteiger partial charge is 0.487 e.